The summed E-state index contributed by atoms with van der Waals surface area (Å²) in [6.45, 7) is 6.97. The molecular weight excluding hydrogens is 311 g/mol. The number of benzene rings is 1. The number of hydrogen-bond acceptors (Lipinski definition) is 4. The number of piperidine rings is 1. The van der Waals surface area contributed by atoms with Gasteiger partial charge in [-0.25, -0.2) is 9.18 Å². The van der Waals surface area contributed by atoms with Gasteiger partial charge in [0.2, 0.25) is 0 Å². The van der Waals surface area contributed by atoms with Crippen LogP contribution in [0.2, 0.25) is 0 Å². The molecule has 0 radical (unpaired) electrons. The van der Waals surface area contributed by atoms with Crippen molar-refractivity contribution in [1.82, 2.24) is 10.2 Å². The molecule has 1 fully saturated rings. The van der Waals surface area contributed by atoms with Crippen molar-refractivity contribution in [2.24, 2.45) is 0 Å². The third-order valence-electron chi connectivity index (χ3n) is 3.94. The molecule has 1 aliphatic rings. The van der Waals surface area contributed by atoms with Crippen LogP contribution >= 0.6 is 0 Å². The fourth-order valence-electron chi connectivity index (χ4n) is 2.77. The van der Waals surface area contributed by atoms with E-state index >= 15 is 0 Å². The Bertz CT molecular complexity index is 559. The summed E-state index contributed by atoms with van der Waals surface area (Å²) in [6.07, 6.45) is 0.544. The summed E-state index contributed by atoms with van der Waals surface area (Å²) in [5, 5.41) is 13.4. The molecule has 2 unspecified atom stereocenters. The first kappa shape index (κ1) is 18.7. The molecule has 24 heavy (non-hydrogen) atoms. The lowest BCUT2D eigenvalue weighted by atomic mass is 10.0. The van der Waals surface area contributed by atoms with E-state index in [-0.39, 0.29) is 24.2 Å². The first-order chi connectivity index (χ1) is 11.3. The molecule has 0 aliphatic carbocycles. The van der Waals surface area contributed by atoms with Gasteiger partial charge in [0.15, 0.2) is 0 Å². The molecule has 2 N–H and O–H groups in total. The second-order valence-electron chi connectivity index (χ2n) is 7.21. The van der Waals surface area contributed by atoms with E-state index in [0.29, 0.717) is 13.1 Å². The highest BCUT2D eigenvalue weighted by atomic mass is 19.1. The normalized spacial score (nSPS) is 19.9. The molecule has 2 atom stereocenters. The SMILES string of the molecule is CC(C)(C)OC(=O)N1CCCC(NCC(O)c2ccccc2F)C1. The van der Waals surface area contributed by atoms with Crippen LogP contribution in [0.5, 0.6) is 0 Å². The Kier molecular flexibility index (Phi) is 6.18. The van der Waals surface area contributed by atoms with Crippen molar-refractivity contribution in [2.45, 2.75) is 51.4 Å². The zero-order valence-corrected chi connectivity index (χ0v) is 14.6. The van der Waals surface area contributed by atoms with E-state index < -0.39 is 17.5 Å². The smallest absolute Gasteiger partial charge is 0.410 e. The fraction of sp³-hybridized carbons (Fsp3) is 0.611. The van der Waals surface area contributed by atoms with Crippen molar-refractivity contribution in [1.29, 1.82) is 0 Å². The summed E-state index contributed by atoms with van der Waals surface area (Å²) in [7, 11) is 0. The molecule has 5 nitrogen and oxygen atoms in total. The Morgan fingerprint density at radius 3 is 2.83 bits per heavy atom. The lowest BCUT2D eigenvalue weighted by molar-refractivity contribution is 0.0183. The molecule has 134 valence electrons. The molecule has 1 heterocycles. The zero-order chi connectivity index (χ0) is 17.7. The van der Waals surface area contributed by atoms with E-state index in [1.54, 1.807) is 23.1 Å². The molecule has 0 spiro atoms. The van der Waals surface area contributed by atoms with E-state index in [0.717, 1.165) is 12.8 Å². The van der Waals surface area contributed by atoms with E-state index in [1.807, 2.05) is 20.8 Å². The number of aliphatic hydroxyl groups is 1. The number of amides is 1. The molecule has 6 heteroatoms. The molecule has 1 aromatic rings. The van der Waals surface area contributed by atoms with Crippen LogP contribution in [0.1, 0.15) is 45.3 Å². The Morgan fingerprint density at radius 1 is 1.46 bits per heavy atom. The molecular formula is C18H27FN2O3. The van der Waals surface area contributed by atoms with E-state index in [9.17, 15) is 14.3 Å². The molecule has 2 rings (SSSR count). The van der Waals surface area contributed by atoms with Crippen molar-refractivity contribution in [3.8, 4) is 0 Å². The van der Waals surface area contributed by atoms with E-state index in [1.165, 1.54) is 6.07 Å². The van der Waals surface area contributed by atoms with Gasteiger partial charge in [-0.3, -0.25) is 0 Å². The van der Waals surface area contributed by atoms with Gasteiger partial charge in [-0.15, -0.1) is 0 Å². The van der Waals surface area contributed by atoms with Gasteiger partial charge in [0.25, 0.3) is 0 Å². The number of aliphatic hydroxyl groups excluding tert-OH is 1. The standard InChI is InChI=1S/C18H27FN2O3/c1-18(2,3)24-17(23)21-10-6-7-13(12-21)20-11-16(22)14-8-4-5-9-15(14)19/h4-5,8-9,13,16,20,22H,6-7,10-12H2,1-3H3. The van der Waals surface area contributed by atoms with E-state index in [2.05, 4.69) is 5.32 Å². The van der Waals surface area contributed by atoms with Crippen molar-refractivity contribution < 1.29 is 19.0 Å². The Labute approximate surface area is 142 Å². The van der Waals surface area contributed by atoms with Gasteiger partial charge >= 0.3 is 6.09 Å². The average Bonchev–Trinajstić information content (AvgIpc) is 2.52. The van der Waals surface area contributed by atoms with Gasteiger partial charge in [0.1, 0.15) is 11.4 Å². The number of hydrogen-bond donors (Lipinski definition) is 2. The Balaban J connectivity index is 1.85. The lowest BCUT2D eigenvalue weighted by Gasteiger charge is -2.34. The summed E-state index contributed by atoms with van der Waals surface area (Å²) in [4.78, 5) is 13.8. The minimum Gasteiger partial charge on any atom is -0.444 e. The second kappa shape index (κ2) is 7.94. The molecule has 0 aromatic heterocycles. The quantitative estimate of drug-likeness (QED) is 0.886. The highest BCUT2D eigenvalue weighted by Crippen LogP contribution is 2.18. The molecule has 0 saturated carbocycles. The first-order valence-electron chi connectivity index (χ1n) is 8.40. The molecule has 0 bridgehead atoms. The topological polar surface area (TPSA) is 61.8 Å². The molecule has 1 aliphatic heterocycles. The van der Waals surface area contributed by atoms with Crippen LogP contribution < -0.4 is 5.32 Å². The van der Waals surface area contributed by atoms with E-state index in [4.69, 9.17) is 4.74 Å². The maximum Gasteiger partial charge on any atom is 0.410 e. The summed E-state index contributed by atoms with van der Waals surface area (Å²) in [5.74, 6) is -0.411. The third-order valence-corrected chi connectivity index (χ3v) is 3.94. The average molecular weight is 338 g/mol. The monoisotopic (exact) mass is 338 g/mol. The molecule has 1 amide bonds. The highest BCUT2D eigenvalue weighted by Gasteiger charge is 2.27. The summed E-state index contributed by atoms with van der Waals surface area (Å²) >= 11 is 0. The molecule has 1 aromatic carbocycles. The van der Waals surface area contributed by atoms with Gasteiger partial charge in [0.05, 0.1) is 6.10 Å². The van der Waals surface area contributed by atoms with Gasteiger partial charge in [-0.1, -0.05) is 18.2 Å². The number of carbonyl (C=O) groups is 1. The third kappa shape index (κ3) is 5.46. The van der Waals surface area contributed by atoms with Crippen molar-refractivity contribution in [2.75, 3.05) is 19.6 Å². The summed E-state index contributed by atoms with van der Waals surface area (Å²) in [6, 6.07) is 6.28. The van der Waals surface area contributed by atoms with Crippen LogP contribution in [0.4, 0.5) is 9.18 Å². The Morgan fingerprint density at radius 2 is 2.17 bits per heavy atom. The minimum atomic E-state index is -0.914. The van der Waals surface area contributed by atoms with Crippen LogP contribution in [-0.4, -0.2) is 47.4 Å². The zero-order valence-electron chi connectivity index (χ0n) is 14.6. The van der Waals surface area contributed by atoms with Crippen molar-refractivity contribution in [3.63, 3.8) is 0 Å². The van der Waals surface area contributed by atoms with Crippen LogP contribution in [0.15, 0.2) is 24.3 Å². The minimum absolute atomic E-state index is 0.0627. The number of carbonyl (C=O) groups excluding carboxylic acids is 1. The number of nitrogens with zero attached hydrogens (tertiary/aromatic N) is 1. The van der Waals surface area contributed by atoms with Crippen LogP contribution in [0.3, 0.4) is 0 Å². The van der Waals surface area contributed by atoms with Gasteiger partial charge in [0, 0.05) is 31.2 Å². The van der Waals surface area contributed by atoms with Crippen molar-refractivity contribution >= 4 is 6.09 Å². The maximum absolute atomic E-state index is 13.7. The van der Waals surface area contributed by atoms with Crippen molar-refractivity contribution in [3.05, 3.63) is 35.6 Å². The van der Waals surface area contributed by atoms with Crippen LogP contribution in [0, 0.1) is 5.82 Å². The summed E-state index contributed by atoms with van der Waals surface area (Å²) in [5.41, 5.74) is -0.233. The highest BCUT2D eigenvalue weighted by molar-refractivity contribution is 5.68. The maximum atomic E-state index is 13.7. The second-order valence-corrected chi connectivity index (χ2v) is 7.21. The number of rotatable bonds is 4. The fourth-order valence-corrected chi connectivity index (χ4v) is 2.77. The summed E-state index contributed by atoms with van der Waals surface area (Å²) < 4.78 is 19.1. The van der Waals surface area contributed by atoms with Gasteiger partial charge in [-0.2, -0.15) is 0 Å². The number of ether oxygens (including phenoxy) is 1. The predicted molar refractivity (Wildman–Crippen MR) is 90.2 cm³/mol. The van der Waals surface area contributed by atoms with Crippen LogP contribution in [-0.2, 0) is 4.74 Å². The van der Waals surface area contributed by atoms with Gasteiger partial charge in [-0.05, 0) is 39.7 Å². The van der Waals surface area contributed by atoms with Gasteiger partial charge < -0.3 is 20.1 Å². The Hall–Kier alpha value is -1.66. The number of nitrogens with one attached hydrogen (secondary N) is 1. The largest absolute Gasteiger partial charge is 0.444 e. The van der Waals surface area contributed by atoms with Crippen LogP contribution in [0.25, 0.3) is 0 Å². The number of likely N-dealkylation sites (tertiary alicyclic amines) is 1. The lowest BCUT2D eigenvalue weighted by Crippen LogP contribution is -2.50. The molecule has 1 saturated heterocycles. The predicted octanol–water partition coefficient (Wildman–Crippen LogP) is 2.85. The number of halogens is 1. The first-order valence-corrected chi connectivity index (χ1v) is 8.40.